The minimum atomic E-state index is -4.41. The highest BCUT2D eigenvalue weighted by atomic mass is 32.2. The highest BCUT2D eigenvalue weighted by Gasteiger charge is 2.30. The van der Waals surface area contributed by atoms with Crippen molar-refractivity contribution in [1.82, 2.24) is 0 Å². The van der Waals surface area contributed by atoms with Crippen molar-refractivity contribution in [2.45, 2.75) is 22.1 Å². The Kier molecular flexibility index (Phi) is 14.2. The lowest BCUT2D eigenvalue weighted by molar-refractivity contribution is -0.138. The van der Waals surface area contributed by atoms with Gasteiger partial charge < -0.3 is 0 Å². The van der Waals surface area contributed by atoms with Gasteiger partial charge in [-0.15, -0.1) is 0 Å². The third-order valence-corrected chi connectivity index (χ3v) is 3.61. The SMILES string of the molecule is F.F.F.F.F.FC(F)(F)c1ccc(Sc2ccc(C(F)(F)F)cc2)cc1. The molecule has 0 heterocycles. The van der Waals surface area contributed by atoms with Crippen LogP contribution in [-0.2, 0) is 12.4 Å². The van der Waals surface area contributed by atoms with E-state index in [0.717, 1.165) is 36.0 Å². The van der Waals surface area contributed by atoms with Crippen LogP contribution < -0.4 is 0 Å². The first-order valence-corrected chi connectivity index (χ1v) is 6.50. The van der Waals surface area contributed by atoms with Crippen molar-refractivity contribution in [3.63, 3.8) is 0 Å². The second-order valence-corrected chi connectivity index (χ2v) is 5.29. The van der Waals surface area contributed by atoms with Gasteiger partial charge >= 0.3 is 12.4 Å². The van der Waals surface area contributed by atoms with Gasteiger partial charge in [0.2, 0.25) is 0 Å². The van der Waals surface area contributed by atoms with E-state index in [1.807, 2.05) is 0 Å². The van der Waals surface area contributed by atoms with Gasteiger partial charge in [0.15, 0.2) is 0 Å². The molecule has 0 aliphatic rings. The summed E-state index contributed by atoms with van der Waals surface area (Å²) < 4.78 is 74.3. The lowest BCUT2D eigenvalue weighted by Gasteiger charge is -2.09. The Balaban J connectivity index is -0.000000484. The van der Waals surface area contributed by atoms with Gasteiger partial charge in [-0.3, -0.25) is 23.5 Å². The van der Waals surface area contributed by atoms with Crippen molar-refractivity contribution < 1.29 is 49.9 Å². The predicted molar refractivity (Wildman–Crippen MR) is 79.5 cm³/mol. The maximum absolute atomic E-state index is 12.4. The second kappa shape index (κ2) is 11.6. The molecule has 0 fully saturated rings. The number of hydrogen-bond donors (Lipinski definition) is 0. The summed E-state index contributed by atoms with van der Waals surface area (Å²) >= 11 is 1.09. The van der Waals surface area contributed by atoms with E-state index in [1.54, 1.807) is 0 Å². The second-order valence-electron chi connectivity index (χ2n) is 4.15. The molecule has 0 atom stereocenters. The topological polar surface area (TPSA) is 0 Å². The molecule has 0 N–H and O–H groups in total. The molecular formula is C14H13F11S. The van der Waals surface area contributed by atoms with Crippen molar-refractivity contribution in [1.29, 1.82) is 0 Å². The van der Waals surface area contributed by atoms with E-state index < -0.39 is 23.5 Å². The standard InChI is InChI=1S/C14H8F6S.5FH/c15-13(16,17)9-1-5-11(6-2-9)21-12-7-3-10(4-8-12)14(18,19)20;;;;;/h1-8H;5*1H. The van der Waals surface area contributed by atoms with E-state index in [-0.39, 0.29) is 23.5 Å². The largest absolute Gasteiger partial charge is 0.416 e. The van der Waals surface area contributed by atoms with Crippen LogP contribution in [0.25, 0.3) is 0 Å². The van der Waals surface area contributed by atoms with Crippen LogP contribution in [0.1, 0.15) is 11.1 Å². The average molecular weight is 422 g/mol. The minimum Gasteiger partial charge on any atom is -0.269 e. The summed E-state index contributed by atoms with van der Waals surface area (Å²) in [6, 6.07) is 8.88. The quantitative estimate of drug-likeness (QED) is 0.489. The molecule has 0 saturated carbocycles. The molecule has 0 aliphatic heterocycles. The van der Waals surface area contributed by atoms with Gasteiger partial charge in [0.25, 0.3) is 0 Å². The maximum Gasteiger partial charge on any atom is 0.416 e. The molecular weight excluding hydrogens is 409 g/mol. The van der Waals surface area contributed by atoms with Crippen molar-refractivity contribution in [2.75, 3.05) is 0 Å². The Hall–Kier alpha value is -1.98. The fraction of sp³-hybridized carbons (Fsp3) is 0.143. The van der Waals surface area contributed by atoms with Crippen LogP contribution in [-0.4, -0.2) is 0 Å². The van der Waals surface area contributed by atoms with Crippen molar-refractivity contribution in [3.8, 4) is 0 Å². The molecule has 0 aromatic heterocycles. The molecule has 0 radical (unpaired) electrons. The molecule has 0 nitrogen and oxygen atoms in total. The van der Waals surface area contributed by atoms with Crippen molar-refractivity contribution in [3.05, 3.63) is 59.7 Å². The van der Waals surface area contributed by atoms with Crippen molar-refractivity contribution in [2.24, 2.45) is 0 Å². The number of halogens is 11. The van der Waals surface area contributed by atoms with Crippen LogP contribution in [0.4, 0.5) is 49.9 Å². The number of hydrogen-bond acceptors (Lipinski definition) is 1. The summed E-state index contributed by atoms with van der Waals surface area (Å²) in [7, 11) is 0. The van der Waals surface area contributed by atoms with Gasteiger partial charge in [-0.05, 0) is 48.5 Å². The Morgan fingerprint density at radius 1 is 0.462 bits per heavy atom. The van der Waals surface area contributed by atoms with Crippen LogP contribution in [0, 0.1) is 0 Å². The van der Waals surface area contributed by atoms with Crippen LogP contribution in [0.2, 0.25) is 0 Å². The predicted octanol–water partition coefficient (Wildman–Crippen LogP) is 6.64. The van der Waals surface area contributed by atoms with E-state index in [2.05, 4.69) is 0 Å². The molecule has 12 heteroatoms. The van der Waals surface area contributed by atoms with Crippen molar-refractivity contribution >= 4 is 11.8 Å². The average Bonchev–Trinajstić information content (AvgIpc) is 2.38. The van der Waals surface area contributed by atoms with E-state index in [9.17, 15) is 26.3 Å². The van der Waals surface area contributed by atoms with Crippen LogP contribution in [0.3, 0.4) is 0 Å². The normalized spacial score (nSPS) is 10.1. The Morgan fingerprint density at radius 2 is 0.692 bits per heavy atom. The summed E-state index contributed by atoms with van der Waals surface area (Å²) in [6.45, 7) is 0. The first-order chi connectivity index (χ1) is 9.66. The first kappa shape index (κ1) is 31.8. The zero-order valence-corrected chi connectivity index (χ0v) is 13.2. The number of rotatable bonds is 2. The molecule has 2 aromatic rings. The Morgan fingerprint density at radius 3 is 0.885 bits per heavy atom. The monoisotopic (exact) mass is 422 g/mol. The molecule has 26 heavy (non-hydrogen) atoms. The van der Waals surface area contributed by atoms with Crippen LogP contribution >= 0.6 is 11.8 Å². The number of benzene rings is 2. The Labute approximate surface area is 144 Å². The maximum atomic E-state index is 12.4. The fourth-order valence-corrected chi connectivity index (χ4v) is 2.38. The van der Waals surface area contributed by atoms with Gasteiger partial charge in [0.1, 0.15) is 0 Å². The number of alkyl halides is 6. The summed E-state index contributed by atoms with van der Waals surface area (Å²) in [4.78, 5) is 1.03. The van der Waals surface area contributed by atoms with E-state index >= 15 is 0 Å². The highest BCUT2D eigenvalue weighted by molar-refractivity contribution is 7.99. The highest BCUT2D eigenvalue weighted by Crippen LogP contribution is 2.35. The summed E-state index contributed by atoms with van der Waals surface area (Å²) in [5.41, 5.74) is -1.53. The van der Waals surface area contributed by atoms with E-state index in [4.69, 9.17) is 0 Å². The molecule has 0 aliphatic carbocycles. The lowest BCUT2D eigenvalue weighted by atomic mass is 10.2. The fourth-order valence-electron chi connectivity index (χ4n) is 1.56. The van der Waals surface area contributed by atoms with Gasteiger partial charge in [-0.25, -0.2) is 0 Å². The summed E-state index contributed by atoms with van der Waals surface area (Å²) in [5.74, 6) is 0. The van der Waals surface area contributed by atoms with E-state index in [0.29, 0.717) is 9.79 Å². The lowest BCUT2D eigenvalue weighted by Crippen LogP contribution is -2.04. The smallest absolute Gasteiger partial charge is 0.269 e. The van der Waals surface area contributed by atoms with Gasteiger partial charge in [0, 0.05) is 9.79 Å². The van der Waals surface area contributed by atoms with Gasteiger partial charge in [-0.2, -0.15) is 26.3 Å². The van der Waals surface area contributed by atoms with Gasteiger partial charge in [0.05, 0.1) is 11.1 Å². The first-order valence-electron chi connectivity index (χ1n) is 5.68. The molecule has 0 amide bonds. The van der Waals surface area contributed by atoms with Gasteiger partial charge in [-0.1, -0.05) is 11.8 Å². The Bertz CT molecular complexity index is 547. The minimum absolute atomic E-state index is 0. The van der Waals surface area contributed by atoms with E-state index in [1.165, 1.54) is 24.3 Å². The third-order valence-electron chi connectivity index (χ3n) is 2.60. The molecule has 152 valence electrons. The zero-order chi connectivity index (χ0) is 15.7. The summed E-state index contributed by atoms with van der Waals surface area (Å²) in [5, 5.41) is 0. The molecule has 0 unspecified atom stereocenters. The molecule has 2 aromatic carbocycles. The molecule has 2 rings (SSSR count). The molecule has 0 bridgehead atoms. The van der Waals surface area contributed by atoms with Crippen LogP contribution in [0.15, 0.2) is 58.3 Å². The summed E-state index contributed by atoms with van der Waals surface area (Å²) in [6.07, 6.45) is -8.81. The molecule has 0 spiro atoms. The third kappa shape index (κ3) is 8.41. The zero-order valence-electron chi connectivity index (χ0n) is 12.3. The van der Waals surface area contributed by atoms with Crippen LogP contribution in [0.5, 0.6) is 0 Å². The molecule has 0 saturated heterocycles.